The summed E-state index contributed by atoms with van der Waals surface area (Å²) in [5.74, 6) is -0.989. The van der Waals surface area contributed by atoms with E-state index in [2.05, 4.69) is 5.32 Å². The number of anilines is 1. The van der Waals surface area contributed by atoms with Crippen molar-refractivity contribution < 1.29 is 14.3 Å². The van der Waals surface area contributed by atoms with E-state index >= 15 is 0 Å². The molecular weight excluding hydrogens is 336 g/mol. The SMILES string of the molecule is COC(=O)c1c(NC(=O)/C(C#N)=C/c2ccccc2)sc2c1CCC2. The minimum Gasteiger partial charge on any atom is -0.465 e. The number of carbonyl (C=O) groups is 2. The van der Waals surface area contributed by atoms with Gasteiger partial charge in [-0.15, -0.1) is 11.3 Å². The van der Waals surface area contributed by atoms with Crippen molar-refractivity contribution in [2.75, 3.05) is 12.4 Å². The van der Waals surface area contributed by atoms with Crippen molar-refractivity contribution in [1.29, 1.82) is 5.26 Å². The van der Waals surface area contributed by atoms with Crippen LogP contribution in [0.2, 0.25) is 0 Å². The molecule has 5 nitrogen and oxygen atoms in total. The molecule has 0 saturated heterocycles. The third-order valence-electron chi connectivity index (χ3n) is 4.01. The minimum atomic E-state index is -0.531. The molecule has 0 atom stereocenters. The molecule has 1 aromatic heterocycles. The zero-order valence-electron chi connectivity index (χ0n) is 13.7. The van der Waals surface area contributed by atoms with Crippen molar-refractivity contribution >= 4 is 34.3 Å². The topological polar surface area (TPSA) is 79.2 Å². The summed E-state index contributed by atoms with van der Waals surface area (Å²) in [7, 11) is 1.32. The average Bonchev–Trinajstić information content (AvgIpc) is 3.20. The number of aryl methyl sites for hydroxylation is 1. The van der Waals surface area contributed by atoms with Gasteiger partial charge in [0.15, 0.2) is 0 Å². The Labute approximate surface area is 149 Å². The maximum absolute atomic E-state index is 12.5. The molecule has 0 radical (unpaired) electrons. The van der Waals surface area contributed by atoms with Crippen LogP contribution >= 0.6 is 11.3 Å². The first kappa shape index (κ1) is 16.9. The van der Waals surface area contributed by atoms with Crippen molar-refractivity contribution in [3.8, 4) is 6.07 Å². The van der Waals surface area contributed by atoms with E-state index in [1.54, 1.807) is 0 Å². The Morgan fingerprint density at radius 3 is 2.72 bits per heavy atom. The number of carbonyl (C=O) groups excluding carboxylic acids is 2. The number of nitriles is 1. The number of thiophene rings is 1. The van der Waals surface area contributed by atoms with Gasteiger partial charge < -0.3 is 10.1 Å². The van der Waals surface area contributed by atoms with Crippen LogP contribution in [0.4, 0.5) is 5.00 Å². The Morgan fingerprint density at radius 1 is 1.28 bits per heavy atom. The molecule has 0 unspecified atom stereocenters. The van der Waals surface area contributed by atoms with Gasteiger partial charge in [-0.2, -0.15) is 5.26 Å². The monoisotopic (exact) mass is 352 g/mol. The lowest BCUT2D eigenvalue weighted by atomic mass is 10.1. The maximum Gasteiger partial charge on any atom is 0.341 e. The molecule has 0 spiro atoms. The predicted molar refractivity (Wildman–Crippen MR) is 96.3 cm³/mol. The number of hydrogen-bond donors (Lipinski definition) is 1. The molecule has 1 aromatic carbocycles. The van der Waals surface area contributed by atoms with Crippen LogP contribution in [-0.2, 0) is 22.4 Å². The van der Waals surface area contributed by atoms with Crippen LogP contribution in [0.15, 0.2) is 35.9 Å². The molecule has 25 heavy (non-hydrogen) atoms. The molecule has 126 valence electrons. The number of amides is 1. The van der Waals surface area contributed by atoms with Crippen LogP contribution in [0.25, 0.3) is 6.08 Å². The molecule has 0 fully saturated rings. The summed E-state index contributed by atoms with van der Waals surface area (Å²) in [6.07, 6.45) is 4.22. The normalized spacial score (nSPS) is 13.0. The Hall–Kier alpha value is -2.91. The van der Waals surface area contributed by atoms with Crippen molar-refractivity contribution in [3.63, 3.8) is 0 Å². The van der Waals surface area contributed by atoms with Gasteiger partial charge in [-0.3, -0.25) is 4.79 Å². The van der Waals surface area contributed by atoms with Crippen LogP contribution in [0, 0.1) is 11.3 Å². The second-order valence-electron chi connectivity index (χ2n) is 5.59. The highest BCUT2D eigenvalue weighted by Crippen LogP contribution is 2.39. The van der Waals surface area contributed by atoms with Gasteiger partial charge in [0.05, 0.1) is 12.7 Å². The molecule has 6 heteroatoms. The fourth-order valence-electron chi connectivity index (χ4n) is 2.85. The summed E-state index contributed by atoms with van der Waals surface area (Å²) in [6, 6.07) is 11.1. The van der Waals surface area contributed by atoms with E-state index in [0.29, 0.717) is 10.6 Å². The number of fused-ring (bicyclic) bond motifs is 1. The summed E-state index contributed by atoms with van der Waals surface area (Å²) in [5, 5.41) is 12.5. The van der Waals surface area contributed by atoms with E-state index in [-0.39, 0.29) is 5.57 Å². The van der Waals surface area contributed by atoms with Gasteiger partial charge >= 0.3 is 5.97 Å². The van der Waals surface area contributed by atoms with Gasteiger partial charge in [-0.1, -0.05) is 30.3 Å². The third-order valence-corrected chi connectivity index (χ3v) is 5.22. The Morgan fingerprint density at radius 2 is 2.04 bits per heavy atom. The highest BCUT2D eigenvalue weighted by atomic mass is 32.1. The highest BCUT2D eigenvalue weighted by molar-refractivity contribution is 7.17. The lowest BCUT2D eigenvalue weighted by Crippen LogP contribution is -2.15. The number of rotatable bonds is 4. The zero-order valence-corrected chi connectivity index (χ0v) is 14.5. The summed E-state index contributed by atoms with van der Waals surface area (Å²) < 4.78 is 4.86. The third kappa shape index (κ3) is 3.47. The lowest BCUT2D eigenvalue weighted by Gasteiger charge is -2.06. The fourth-order valence-corrected chi connectivity index (χ4v) is 4.12. The Bertz CT molecular complexity index is 891. The highest BCUT2D eigenvalue weighted by Gasteiger charge is 2.28. The molecule has 0 saturated carbocycles. The van der Waals surface area contributed by atoms with Gasteiger partial charge in [0.1, 0.15) is 16.6 Å². The van der Waals surface area contributed by atoms with Crippen molar-refractivity contribution in [2.24, 2.45) is 0 Å². The summed E-state index contributed by atoms with van der Waals surface area (Å²) in [5.41, 5.74) is 2.12. The maximum atomic E-state index is 12.5. The molecule has 1 heterocycles. The first-order valence-electron chi connectivity index (χ1n) is 7.85. The number of nitrogens with one attached hydrogen (secondary N) is 1. The largest absolute Gasteiger partial charge is 0.465 e. The van der Waals surface area contributed by atoms with Crippen LogP contribution in [0.5, 0.6) is 0 Å². The summed E-state index contributed by atoms with van der Waals surface area (Å²) >= 11 is 1.39. The molecular formula is C19H16N2O3S. The van der Waals surface area contributed by atoms with Crippen LogP contribution in [0.3, 0.4) is 0 Å². The second-order valence-corrected chi connectivity index (χ2v) is 6.69. The fraction of sp³-hybridized carbons (Fsp3) is 0.211. The summed E-state index contributed by atoms with van der Waals surface area (Å²) in [4.78, 5) is 25.7. The first-order chi connectivity index (χ1) is 12.1. The minimum absolute atomic E-state index is 0.0180. The number of nitrogens with zero attached hydrogens (tertiary/aromatic N) is 1. The van der Waals surface area contributed by atoms with Crippen LogP contribution < -0.4 is 5.32 Å². The molecule has 0 aliphatic heterocycles. The van der Waals surface area contributed by atoms with Gasteiger partial charge in [0, 0.05) is 4.88 Å². The number of ether oxygens (including phenoxy) is 1. The van der Waals surface area contributed by atoms with Crippen LogP contribution in [-0.4, -0.2) is 19.0 Å². The second kappa shape index (κ2) is 7.32. The molecule has 0 bridgehead atoms. The number of methoxy groups -OCH3 is 1. The summed E-state index contributed by atoms with van der Waals surface area (Å²) in [6.45, 7) is 0. The zero-order chi connectivity index (χ0) is 17.8. The Balaban J connectivity index is 1.89. The van der Waals surface area contributed by atoms with Crippen molar-refractivity contribution in [1.82, 2.24) is 0 Å². The average molecular weight is 352 g/mol. The molecule has 1 N–H and O–H groups in total. The molecule has 2 aromatic rings. The van der Waals surface area contributed by atoms with Gasteiger partial charge in [0.25, 0.3) is 5.91 Å². The van der Waals surface area contributed by atoms with E-state index in [0.717, 1.165) is 35.3 Å². The number of esters is 1. The Kier molecular flexibility index (Phi) is 4.96. The molecule has 1 aliphatic rings. The standard InChI is InChI=1S/C19H16N2O3S/c1-24-19(23)16-14-8-5-9-15(14)25-18(16)21-17(22)13(11-20)10-12-6-3-2-4-7-12/h2-4,6-7,10H,5,8-9H2,1H3,(H,21,22)/b13-10+. The molecule has 3 rings (SSSR count). The van der Waals surface area contributed by atoms with E-state index in [1.807, 2.05) is 36.4 Å². The van der Waals surface area contributed by atoms with E-state index in [9.17, 15) is 14.9 Å². The lowest BCUT2D eigenvalue weighted by molar-refractivity contribution is -0.112. The van der Waals surface area contributed by atoms with E-state index < -0.39 is 11.9 Å². The van der Waals surface area contributed by atoms with E-state index in [1.165, 1.54) is 24.5 Å². The number of hydrogen-bond acceptors (Lipinski definition) is 5. The smallest absolute Gasteiger partial charge is 0.341 e. The van der Waals surface area contributed by atoms with E-state index in [4.69, 9.17) is 4.74 Å². The molecule has 1 aliphatic carbocycles. The first-order valence-corrected chi connectivity index (χ1v) is 8.66. The predicted octanol–water partition coefficient (Wildman–Crippen LogP) is 3.57. The van der Waals surface area contributed by atoms with Gasteiger partial charge in [-0.05, 0) is 36.5 Å². The molecule has 1 amide bonds. The van der Waals surface area contributed by atoms with Crippen LogP contribution in [0.1, 0.15) is 32.8 Å². The van der Waals surface area contributed by atoms with Gasteiger partial charge in [0.2, 0.25) is 0 Å². The quantitative estimate of drug-likeness (QED) is 0.518. The van der Waals surface area contributed by atoms with Crippen molar-refractivity contribution in [2.45, 2.75) is 19.3 Å². The number of benzene rings is 1. The van der Waals surface area contributed by atoms with Crippen molar-refractivity contribution in [3.05, 3.63) is 57.5 Å². The van der Waals surface area contributed by atoms with Gasteiger partial charge in [-0.25, -0.2) is 4.79 Å².